The van der Waals surface area contributed by atoms with Crippen molar-refractivity contribution < 1.29 is 4.79 Å². The summed E-state index contributed by atoms with van der Waals surface area (Å²) in [5.74, 6) is 0.890. The SMILES string of the molecule is NCCCCCCC(=O)Nc1ccc(-c2ncc[nH]2)cc1. The number of hydrogen-bond donors (Lipinski definition) is 3. The number of nitrogens with two attached hydrogens (primary N) is 1. The molecule has 1 amide bonds. The van der Waals surface area contributed by atoms with Gasteiger partial charge in [0.15, 0.2) is 0 Å². The Morgan fingerprint density at radius 2 is 1.90 bits per heavy atom. The Labute approximate surface area is 125 Å². The maximum atomic E-state index is 11.8. The van der Waals surface area contributed by atoms with Gasteiger partial charge in [0.05, 0.1) is 0 Å². The van der Waals surface area contributed by atoms with Gasteiger partial charge >= 0.3 is 0 Å². The van der Waals surface area contributed by atoms with Gasteiger partial charge in [-0.25, -0.2) is 4.98 Å². The number of aromatic nitrogens is 2. The highest BCUT2D eigenvalue weighted by Crippen LogP contribution is 2.17. The van der Waals surface area contributed by atoms with Crippen molar-refractivity contribution in [2.45, 2.75) is 32.1 Å². The van der Waals surface area contributed by atoms with Crippen LogP contribution in [0.25, 0.3) is 11.4 Å². The fraction of sp³-hybridized carbons (Fsp3) is 0.375. The number of rotatable bonds is 8. The largest absolute Gasteiger partial charge is 0.345 e. The third-order valence-electron chi connectivity index (χ3n) is 3.30. The van der Waals surface area contributed by atoms with E-state index in [1.807, 2.05) is 24.3 Å². The summed E-state index contributed by atoms with van der Waals surface area (Å²) in [5.41, 5.74) is 7.25. The van der Waals surface area contributed by atoms with Gasteiger partial charge in [-0.3, -0.25) is 4.79 Å². The number of nitrogens with zero attached hydrogens (tertiary/aromatic N) is 1. The van der Waals surface area contributed by atoms with E-state index in [0.717, 1.165) is 49.3 Å². The Balaban J connectivity index is 1.76. The molecule has 0 aliphatic carbocycles. The van der Waals surface area contributed by atoms with E-state index < -0.39 is 0 Å². The first-order valence-corrected chi connectivity index (χ1v) is 7.39. The zero-order chi connectivity index (χ0) is 14.9. The highest BCUT2D eigenvalue weighted by molar-refractivity contribution is 5.90. The van der Waals surface area contributed by atoms with Crippen LogP contribution >= 0.6 is 0 Å². The van der Waals surface area contributed by atoms with Crippen molar-refractivity contribution in [1.29, 1.82) is 0 Å². The molecular formula is C16H22N4O. The minimum absolute atomic E-state index is 0.0634. The summed E-state index contributed by atoms with van der Waals surface area (Å²) in [6, 6.07) is 7.67. The number of nitrogens with one attached hydrogen (secondary N) is 2. The minimum atomic E-state index is 0.0634. The zero-order valence-corrected chi connectivity index (χ0v) is 12.1. The van der Waals surface area contributed by atoms with Crippen LogP contribution in [0.2, 0.25) is 0 Å². The van der Waals surface area contributed by atoms with Crippen molar-refractivity contribution in [3.63, 3.8) is 0 Å². The van der Waals surface area contributed by atoms with Crippen molar-refractivity contribution in [2.24, 2.45) is 5.73 Å². The number of hydrogen-bond acceptors (Lipinski definition) is 3. The summed E-state index contributed by atoms with van der Waals surface area (Å²) in [5, 5.41) is 2.91. The topological polar surface area (TPSA) is 83.8 Å². The van der Waals surface area contributed by atoms with Crippen LogP contribution in [0.5, 0.6) is 0 Å². The fourth-order valence-corrected chi connectivity index (χ4v) is 2.14. The lowest BCUT2D eigenvalue weighted by Gasteiger charge is -2.06. The van der Waals surface area contributed by atoms with Gasteiger partial charge < -0.3 is 16.0 Å². The molecule has 2 rings (SSSR count). The molecule has 0 aliphatic heterocycles. The predicted octanol–water partition coefficient (Wildman–Crippen LogP) is 2.92. The maximum Gasteiger partial charge on any atom is 0.224 e. The highest BCUT2D eigenvalue weighted by atomic mass is 16.1. The summed E-state index contributed by atoms with van der Waals surface area (Å²) in [6.45, 7) is 0.730. The van der Waals surface area contributed by atoms with E-state index >= 15 is 0 Å². The van der Waals surface area contributed by atoms with Crippen molar-refractivity contribution in [1.82, 2.24) is 9.97 Å². The second kappa shape index (κ2) is 8.21. The molecule has 5 heteroatoms. The van der Waals surface area contributed by atoms with E-state index in [-0.39, 0.29) is 5.91 Å². The van der Waals surface area contributed by atoms with E-state index in [9.17, 15) is 4.79 Å². The van der Waals surface area contributed by atoms with Crippen LogP contribution < -0.4 is 11.1 Å². The van der Waals surface area contributed by atoms with Crippen molar-refractivity contribution in [3.8, 4) is 11.4 Å². The third kappa shape index (κ3) is 5.04. The maximum absolute atomic E-state index is 11.8. The molecule has 0 bridgehead atoms. The van der Waals surface area contributed by atoms with Gasteiger partial charge in [-0.15, -0.1) is 0 Å². The first kappa shape index (κ1) is 15.3. The van der Waals surface area contributed by atoms with Crippen LogP contribution in [-0.2, 0) is 4.79 Å². The molecule has 21 heavy (non-hydrogen) atoms. The Morgan fingerprint density at radius 1 is 1.14 bits per heavy atom. The number of anilines is 1. The number of carbonyl (C=O) groups excluding carboxylic acids is 1. The van der Waals surface area contributed by atoms with Crippen molar-refractivity contribution in [3.05, 3.63) is 36.7 Å². The number of benzene rings is 1. The van der Waals surface area contributed by atoms with Crippen molar-refractivity contribution in [2.75, 3.05) is 11.9 Å². The molecule has 5 nitrogen and oxygen atoms in total. The smallest absolute Gasteiger partial charge is 0.224 e. The van der Waals surface area contributed by atoms with E-state index in [2.05, 4.69) is 15.3 Å². The minimum Gasteiger partial charge on any atom is -0.345 e. The van der Waals surface area contributed by atoms with Gasteiger partial charge in [0.25, 0.3) is 0 Å². The average Bonchev–Trinajstić information content (AvgIpc) is 3.02. The third-order valence-corrected chi connectivity index (χ3v) is 3.30. The number of amides is 1. The van der Waals surface area contributed by atoms with Gasteiger partial charge in [0.2, 0.25) is 5.91 Å². The van der Waals surface area contributed by atoms with Crippen LogP contribution in [-0.4, -0.2) is 22.4 Å². The number of aromatic amines is 1. The molecule has 0 aliphatic rings. The van der Waals surface area contributed by atoms with Crippen LogP contribution in [0, 0.1) is 0 Å². The lowest BCUT2D eigenvalue weighted by molar-refractivity contribution is -0.116. The second-order valence-corrected chi connectivity index (χ2v) is 5.02. The number of unbranched alkanes of at least 4 members (excludes halogenated alkanes) is 3. The molecule has 0 radical (unpaired) electrons. The molecular weight excluding hydrogens is 264 g/mol. The molecule has 0 atom stereocenters. The Kier molecular flexibility index (Phi) is 5.97. The normalized spacial score (nSPS) is 10.5. The first-order valence-electron chi connectivity index (χ1n) is 7.39. The zero-order valence-electron chi connectivity index (χ0n) is 12.1. The first-order chi connectivity index (χ1) is 10.3. The Morgan fingerprint density at radius 3 is 2.57 bits per heavy atom. The molecule has 112 valence electrons. The summed E-state index contributed by atoms with van der Waals surface area (Å²) >= 11 is 0. The van der Waals surface area contributed by atoms with Crippen LogP contribution in [0.3, 0.4) is 0 Å². The van der Waals surface area contributed by atoms with Crippen LogP contribution in [0.4, 0.5) is 5.69 Å². The van der Waals surface area contributed by atoms with Crippen molar-refractivity contribution >= 4 is 11.6 Å². The molecule has 1 heterocycles. The Hall–Kier alpha value is -2.14. The quantitative estimate of drug-likeness (QED) is 0.652. The number of carbonyl (C=O) groups is 1. The van der Waals surface area contributed by atoms with Gasteiger partial charge in [0.1, 0.15) is 5.82 Å². The molecule has 4 N–H and O–H groups in total. The molecule has 1 aromatic carbocycles. The number of imidazole rings is 1. The van der Waals surface area contributed by atoms with E-state index in [1.54, 1.807) is 12.4 Å². The molecule has 0 spiro atoms. The fourth-order valence-electron chi connectivity index (χ4n) is 2.14. The summed E-state index contributed by atoms with van der Waals surface area (Å²) in [7, 11) is 0. The van der Waals surface area contributed by atoms with Crippen LogP contribution in [0.1, 0.15) is 32.1 Å². The lowest BCUT2D eigenvalue weighted by atomic mass is 10.1. The summed E-state index contributed by atoms with van der Waals surface area (Å²) in [4.78, 5) is 19.0. The standard InChI is InChI=1S/C16H22N4O/c17-10-4-2-1-3-5-15(21)20-14-8-6-13(7-9-14)16-18-11-12-19-16/h6-9,11-12H,1-5,10,17H2,(H,18,19)(H,20,21). The van der Waals surface area contributed by atoms with Gasteiger partial charge in [0, 0.05) is 30.1 Å². The molecule has 0 saturated carbocycles. The van der Waals surface area contributed by atoms with E-state index in [4.69, 9.17) is 5.73 Å². The number of H-pyrrole nitrogens is 1. The molecule has 0 fully saturated rings. The lowest BCUT2D eigenvalue weighted by Crippen LogP contribution is -2.11. The van der Waals surface area contributed by atoms with Gasteiger partial charge in [-0.1, -0.05) is 12.8 Å². The Bertz CT molecular complexity index is 534. The second-order valence-electron chi connectivity index (χ2n) is 5.02. The molecule has 2 aromatic rings. The molecule has 1 aromatic heterocycles. The average molecular weight is 286 g/mol. The van der Waals surface area contributed by atoms with Crippen LogP contribution in [0.15, 0.2) is 36.7 Å². The van der Waals surface area contributed by atoms with E-state index in [1.165, 1.54) is 0 Å². The van der Waals surface area contributed by atoms with Gasteiger partial charge in [-0.2, -0.15) is 0 Å². The summed E-state index contributed by atoms with van der Waals surface area (Å²) in [6.07, 6.45) is 8.17. The molecule has 0 saturated heterocycles. The predicted molar refractivity (Wildman–Crippen MR) is 84.8 cm³/mol. The monoisotopic (exact) mass is 286 g/mol. The van der Waals surface area contributed by atoms with Gasteiger partial charge in [-0.05, 0) is 43.7 Å². The summed E-state index contributed by atoms with van der Waals surface area (Å²) < 4.78 is 0. The molecule has 0 unspecified atom stereocenters. The highest BCUT2D eigenvalue weighted by Gasteiger charge is 2.03. The van der Waals surface area contributed by atoms with E-state index in [0.29, 0.717) is 6.42 Å².